The first-order valence-electron chi connectivity index (χ1n) is 6.58. The number of carbonyl (C=O) groups excluding carboxylic acids is 2. The fourth-order valence-corrected chi connectivity index (χ4v) is 2.88. The molecule has 2 aliphatic rings. The Hall–Kier alpha value is -0.700. The Kier molecular flexibility index (Phi) is 4.10. The predicted molar refractivity (Wildman–Crippen MR) is 62.2 cm³/mol. The van der Waals surface area contributed by atoms with Crippen molar-refractivity contribution in [3.05, 3.63) is 0 Å². The molecular formula is C13H21NO2. The largest absolute Gasteiger partial charge is 0.313 e. The molecule has 1 aliphatic carbocycles. The SMILES string of the molecule is O=C1CCCCC(=O)C1C1CCCCCN1. The highest BCUT2D eigenvalue weighted by atomic mass is 16.2. The van der Waals surface area contributed by atoms with Crippen molar-refractivity contribution in [3.63, 3.8) is 0 Å². The molecule has 0 bridgehead atoms. The van der Waals surface area contributed by atoms with Crippen LogP contribution in [0.3, 0.4) is 0 Å². The minimum absolute atomic E-state index is 0.126. The van der Waals surface area contributed by atoms with Crippen molar-refractivity contribution in [2.45, 2.75) is 57.4 Å². The summed E-state index contributed by atoms with van der Waals surface area (Å²) < 4.78 is 0. The van der Waals surface area contributed by atoms with Crippen molar-refractivity contribution in [2.75, 3.05) is 6.54 Å². The first kappa shape index (κ1) is 11.8. The lowest BCUT2D eigenvalue weighted by Gasteiger charge is -2.23. The zero-order chi connectivity index (χ0) is 11.4. The van der Waals surface area contributed by atoms with Crippen molar-refractivity contribution in [3.8, 4) is 0 Å². The molecule has 16 heavy (non-hydrogen) atoms. The molecule has 1 saturated heterocycles. The van der Waals surface area contributed by atoms with Gasteiger partial charge in [0, 0.05) is 18.9 Å². The van der Waals surface area contributed by atoms with Gasteiger partial charge < -0.3 is 5.32 Å². The molecule has 0 spiro atoms. The van der Waals surface area contributed by atoms with Gasteiger partial charge in [-0.05, 0) is 32.2 Å². The Bertz CT molecular complexity index is 249. The zero-order valence-corrected chi connectivity index (χ0v) is 9.84. The molecule has 0 radical (unpaired) electrons. The van der Waals surface area contributed by atoms with E-state index in [0.29, 0.717) is 12.8 Å². The van der Waals surface area contributed by atoms with Crippen molar-refractivity contribution in [1.29, 1.82) is 0 Å². The fraction of sp³-hybridized carbons (Fsp3) is 0.846. The molecule has 0 aromatic heterocycles. The topological polar surface area (TPSA) is 46.2 Å². The number of carbonyl (C=O) groups is 2. The van der Waals surface area contributed by atoms with E-state index in [1.807, 2.05) is 0 Å². The summed E-state index contributed by atoms with van der Waals surface area (Å²) in [6.45, 7) is 0.960. The van der Waals surface area contributed by atoms with E-state index in [1.165, 1.54) is 12.8 Å². The van der Waals surface area contributed by atoms with Crippen LogP contribution in [0.5, 0.6) is 0 Å². The Balaban J connectivity index is 2.08. The van der Waals surface area contributed by atoms with Crippen molar-refractivity contribution in [1.82, 2.24) is 5.32 Å². The first-order valence-corrected chi connectivity index (χ1v) is 6.58. The van der Waals surface area contributed by atoms with Gasteiger partial charge >= 0.3 is 0 Å². The van der Waals surface area contributed by atoms with Gasteiger partial charge in [-0.2, -0.15) is 0 Å². The molecule has 1 N–H and O–H groups in total. The van der Waals surface area contributed by atoms with E-state index in [0.717, 1.165) is 32.2 Å². The maximum Gasteiger partial charge on any atom is 0.144 e. The molecule has 2 rings (SSSR count). The summed E-state index contributed by atoms with van der Waals surface area (Å²) in [6.07, 6.45) is 7.53. The molecule has 2 fully saturated rings. The van der Waals surface area contributed by atoms with Gasteiger partial charge in [0.1, 0.15) is 11.6 Å². The monoisotopic (exact) mass is 223 g/mol. The third-order valence-corrected chi connectivity index (χ3v) is 3.79. The molecule has 1 heterocycles. The summed E-state index contributed by atoms with van der Waals surface area (Å²) in [6, 6.07) is 0.126. The molecule has 1 atom stereocenters. The van der Waals surface area contributed by atoms with Crippen LogP contribution in [0.25, 0.3) is 0 Å². The van der Waals surface area contributed by atoms with Crippen LogP contribution in [-0.2, 0) is 9.59 Å². The quantitative estimate of drug-likeness (QED) is 0.545. The van der Waals surface area contributed by atoms with Crippen LogP contribution >= 0.6 is 0 Å². The van der Waals surface area contributed by atoms with Crippen LogP contribution < -0.4 is 5.32 Å². The van der Waals surface area contributed by atoms with E-state index < -0.39 is 0 Å². The van der Waals surface area contributed by atoms with E-state index in [2.05, 4.69) is 5.32 Å². The fourth-order valence-electron chi connectivity index (χ4n) is 2.88. The number of nitrogens with one attached hydrogen (secondary N) is 1. The van der Waals surface area contributed by atoms with E-state index in [-0.39, 0.29) is 23.5 Å². The standard InChI is InChI=1S/C13H21NO2/c15-11-7-3-4-8-12(16)13(11)10-6-2-1-5-9-14-10/h10,13-14H,1-9H2. The number of rotatable bonds is 1. The normalized spacial score (nSPS) is 29.9. The van der Waals surface area contributed by atoms with Gasteiger partial charge in [0.25, 0.3) is 0 Å². The molecule has 90 valence electrons. The van der Waals surface area contributed by atoms with Crippen molar-refractivity contribution in [2.24, 2.45) is 5.92 Å². The molecule has 0 aromatic carbocycles. The minimum Gasteiger partial charge on any atom is -0.313 e. The van der Waals surface area contributed by atoms with Crippen molar-refractivity contribution < 1.29 is 9.59 Å². The number of Topliss-reactive ketones (excluding diaryl/α,β-unsaturated/α-hetero) is 2. The van der Waals surface area contributed by atoms with Gasteiger partial charge in [0.05, 0.1) is 5.92 Å². The van der Waals surface area contributed by atoms with Crippen molar-refractivity contribution >= 4 is 11.6 Å². The molecule has 0 amide bonds. The maximum absolute atomic E-state index is 12.0. The number of hydrogen-bond donors (Lipinski definition) is 1. The van der Waals surface area contributed by atoms with Crippen LogP contribution in [-0.4, -0.2) is 24.2 Å². The predicted octanol–water partition coefficient (Wildman–Crippen LogP) is 1.85. The second kappa shape index (κ2) is 5.58. The third kappa shape index (κ3) is 2.70. The van der Waals surface area contributed by atoms with E-state index in [4.69, 9.17) is 0 Å². The minimum atomic E-state index is -0.333. The Morgan fingerprint density at radius 3 is 2.25 bits per heavy atom. The molecule has 1 aliphatic heterocycles. The lowest BCUT2D eigenvalue weighted by molar-refractivity contribution is -0.133. The van der Waals surface area contributed by atoms with Crippen LogP contribution in [0.4, 0.5) is 0 Å². The highest BCUT2D eigenvalue weighted by molar-refractivity contribution is 6.03. The summed E-state index contributed by atoms with van der Waals surface area (Å²) >= 11 is 0. The second-order valence-electron chi connectivity index (χ2n) is 5.03. The van der Waals surface area contributed by atoms with Gasteiger partial charge in [0.2, 0.25) is 0 Å². The Morgan fingerprint density at radius 1 is 0.875 bits per heavy atom. The molecule has 1 saturated carbocycles. The summed E-state index contributed by atoms with van der Waals surface area (Å²) in [5.74, 6) is 0.0319. The molecular weight excluding hydrogens is 202 g/mol. The lowest BCUT2D eigenvalue weighted by atomic mass is 9.87. The summed E-state index contributed by atoms with van der Waals surface area (Å²) in [7, 11) is 0. The Labute approximate surface area is 97.0 Å². The summed E-state index contributed by atoms with van der Waals surface area (Å²) in [4.78, 5) is 24.0. The van der Waals surface area contributed by atoms with Crippen LogP contribution in [0.15, 0.2) is 0 Å². The van der Waals surface area contributed by atoms with Crippen LogP contribution in [0.1, 0.15) is 51.4 Å². The first-order chi connectivity index (χ1) is 7.79. The van der Waals surface area contributed by atoms with Gasteiger partial charge in [0.15, 0.2) is 0 Å². The lowest BCUT2D eigenvalue weighted by Crippen LogP contribution is -2.43. The van der Waals surface area contributed by atoms with E-state index in [9.17, 15) is 9.59 Å². The highest BCUT2D eigenvalue weighted by Gasteiger charge is 2.35. The summed E-state index contributed by atoms with van der Waals surface area (Å²) in [5, 5.41) is 3.40. The van der Waals surface area contributed by atoms with E-state index in [1.54, 1.807) is 0 Å². The molecule has 0 aromatic rings. The second-order valence-corrected chi connectivity index (χ2v) is 5.03. The third-order valence-electron chi connectivity index (χ3n) is 3.79. The maximum atomic E-state index is 12.0. The molecule has 3 nitrogen and oxygen atoms in total. The average Bonchev–Trinajstić information content (AvgIpc) is 2.60. The molecule has 3 heteroatoms. The smallest absolute Gasteiger partial charge is 0.144 e. The molecule has 1 unspecified atom stereocenters. The van der Waals surface area contributed by atoms with Gasteiger partial charge in [-0.3, -0.25) is 9.59 Å². The average molecular weight is 223 g/mol. The van der Waals surface area contributed by atoms with Gasteiger partial charge in [-0.25, -0.2) is 0 Å². The summed E-state index contributed by atoms with van der Waals surface area (Å²) in [5.41, 5.74) is 0. The Morgan fingerprint density at radius 2 is 1.56 bits per heavy atom. The number of hydrogen-bond acceptors (Lipinski definition) is 3. The van der Waals surface area contributed by atoms with Crippen LogP contribution in [0, 0.1) is 5.92 Å². The highest BCUT2D eigenvalue weighted by Crippen LogP contribution is 2.24. The van der Waals surface area contributed by atoms with Crippen LogP contribution in [0.2, 0.25) is 0 Å². The van der Waals surface area contributed by atoms with Gasteiger partial charge in [-0.15, -0.1) is 0 Å². The zero-order valence-electron chi connectivity index (χ0n) is 9.84. The number of ketones is 2. The van der Waals surface area contributed by atoms with E-state index >= 15 is 0 Å². The van der Waals surface area contributed by atoms with Gasteiger partial charge in [-0.1, -0.05) is 12.8 Å².